The van der Waals surface area contributed by atoms with Gasteiger partial charge in [-0.25, -0.2) is 4.98 Å². The molecule has 1 aliphatic rings. The highest BCUT2D eigenvalue weighted by molar-refractivity contribution is 5.75. The van der Waals surface area contributed by atoms with E-state index in [9.17, 15) is 0 Å². The third kappa shape index (κ3) is 2.47. The lowest BCUT2D eigenvalue weighted by molar-refractivity contribution is 0.389. The fraction of sp³-hybridized carbons (Fsp3) is 0.588. The third-order valence-corrected chi connectivity index (χ3v) is 4.73. The summed E-state index contributed by atoms with van der Waals surface area (Å²) in [5.41, 5.74) is 2.90. The number of fused-ring (bicyclic) bond motifs is 1. The van der Waals surface area contributed by atoms with Crippen molar-refractivity contribution in [2.24, 2.45) is 12.5 Å². The molecule has 0 spiro atoms. The molecule has 1 aromatic heterocycles. The van der Waals surface area contributed by atoms with Crippen LogP contribution >= 0.6 is 0 Å². The van der Waals surface area contributed by atoms with Gasteiger partial charge in [0.1, 0.15) is 5.82 Å². The van der Waals surface area contributed by atoms with Crippen molar-refractivity contribution in [2.75, 3.05) is 6.54 Å². The van der Waals surface area contributed by atoms with Crippen LogP contribution in [0, 0.1) is 5.41 Å². The quantitative estimate of drug-likeness (QED) is 0.866. The molecule has 0 bridgehead atoms. The van der Waals surface area contributed by atoms with Crippen LogP contribution in [0.3, 0.4) is 0 Å². The van der Waals surface area contributed by atoms with Crippen molar-refractivity contribution >= 4 is 11.0 Å². The van der Waals surface area contributed by atoms with Gasteiger partial charge in [-0.05, 0) is 43.7 Å². The smallest absolute Gasteiger partial charge is 0.126 e. The second kappa shape index (κ2) is 5.21. The van der Waals surface area contributed by atoms with Crippen molar-refractivity contribution in [3.63, 3.8) is 0 Å². The highest BCUT2D eigenvalue weighted by Crippen LogP contribution is 2.49. The Bertz CT molecular complexity index is 595. The zero-order valence-electron chi connectivity index (χ0n) is 12.8. The van der Waals surface area contributed by atoms with Crippen LogP contribution in [0.15, 0.2) is 24.3 Å². The summed E-state index contributed by atoms with van der Waals surface area (Å²) in [6.45, 7) is 5.64. The maximum Gasteiger partial charge on any atom is 0.126 e. The van der Waals surface area contributed by atoms with E-state index in [-0.39, 0.29) is 0 Å². The number of aromatic nitrogens is 2. The van der Waals surface area contributed by atoms with Gasteiger partial charge in [0.25, 0.3) is 0 Å². The number of nitrogens with zero attached hydrogens (tertiary/aromatic N) is 2. The molecule has 108 valence electrons. The van der Waals surface area contributed by atoms with Crippen LogP contribution in [0.4, 0.5) is 0 Å². The second-order valence-electron chi connectivity index (χ2n) is 6.37. The Kier molecular flexibility index (Phi) is 3.55. The van der Waals surface area contributed by atoms with E-state index in [1.54, 1.807) is 0 Å². The summed E-state index contributed by atoms with van der Waals surface area (Å²) < 4.78 is 2.21. The van der Waals surface area contributed by atoms with Crippen molar-refractivity contribution in [3.8, 4) is 0 Å². The Morgan fingerprint density at radius 1 is 1.35 bits per heavy atom. The first-order valence-electron chi connectivity index (χ1n) is 7.80. The van der Waals surface area contributed by atoms with Crippen molar-refractivity contribution in [1.29, 1.82) is 0 Å². The average molecular weight is 271 g/mol. The molecule has 1 N–H and O–H groups in total. The summed E-state index contributed by atoms with van der Waals surface area (Å²) in [5.74, 6) is 1.14. The summed E-state index contributed by atoms with van der Waals surface area (Å²) in [5, 5.41) is 3.70. The molecular formula is C17H25N3. The van der Waals surface area contributed by atoms with Gasteiger partial charge in [0.05, 0.1) is 17.1 Å². The Morgan fingerprint density at radius 3 is 2.75 bits per heavy atom. The van der Waals surface area contributed by atoms with Crippen molar-refractivity contribution in [2.45, 2.75) is 45.6 Å². The Hall–Kier alpha value is -1.35. The number of rotatable bonds is 6. The van der Waals surface area contributed by atoms with Crippen LogP contribution in [0.25, 0.3) is 11.0 Å². The number of hydrogen-bond donors (Lipinski definition) is 1. The minimum absolute atomic E-state index is 0.307. The summed E-state index contributed by atoms with van der Waals surface area (Å²) >= 11 is 0. The molecule has 1 atom stereocenters. The van der Waals surface area contributed by atoms with Gasteiger partial charge in [-0.3, -0.25) is 0 Å². The van der Waals surface area contributed by atoms with Crippen LogP contribution in [0.5, 0.6) is 0 Å². The number of aryl methyl sites for hydroxylation is 1. The van der Waals surface area contributed by atoms with E-state index in [0.29, 0.717) is 11.5 Å². The topological polar surface area (TPSA) is 29.9 Å². The van der Waals surface area contributed by atoms with E-state index in [2.05, 4.69) is 55.0 Å². The Balaban J connectivity index is 1.72. The molecule has 0 saturated heterocycles. The first-order chi connectivity index (χ1) is 9.65. The molecule has 1 aliphatic carbocycles. The molecule has 1 saturated carbocycles. The van der Waals surface area contributed by atoms with Crippen molar-refractivity contribution in [1.82, 2.24) is 14.9 Å². The molecular weight excluding hydrogens is 246 g/mol. The predicted molar refractivity (Wildman–Crippen MR) is 83.7 cm³/mol. The van der Waals surface area contributed by atoms with Gasteiger partial charge >= 0.3 is 0 Å². The zero-order valence-corrected chi connectivity index (χ0v) is 12.8. The summed E-state index contributed by atoms with van der Waals surface area (Å²) in [6.07, 6.45) is 5.43. The van der Waals surface area contributed by atoms with Crippen molar-refractivity contribution < 1.29 is 0 Å². The summed E-state index contributed by atoms with van der Waals surface area (Å²) in [7, 11) is 2.11. The lowest BCUT2D eigenvalue weighted by Crippen LogP contribution is -2.28. The highest BCUT2D eigenvalue weighted by Gasteiger charge is 2.41. The third-order valence-electron chi connectivity index (χ3n) is 4.73. The number of benzene rings is 1. The summed E-state index contributed by atoms with van der Waals surface area (Å²) in [6, 6.07) is 8.66. The average Bonchev–Trinajstić information content (AvgIpc) is 3.14. The number of hydrogen-bond acceptors (Lipinski definition) is 2. The molecule has 0 amide bonds. The number of para-hydroxylation sites is 2. The number of imidazole rings is 1. The van der Waals surface area contributed by atoms with Crippen LogP contribution in [0.1, 0.15) is 51.4 Å². The molecule has 20 heavy (non-hydrogen) atoms. The van der Waals surface area contributed by atoms with E-state index < -0.39 is 0 Å². The van der Waals surface area contributed by atoms with Crippen LogP contribution in [-0.2, 0) is 7.05 Å². The fourth-order valence-corrected chi connectivity index (χ4v) is 3.23. The van der Waals surface area contributed by atoms with Crippen LogP contribution in [0.2, 0.25) is 0 Å². The van der Waals surface area contributed by atoms with Gasteiger partial charge < -0.3 is 9.88 Å². The molecule has 2 aromatic rings. The van der Waals surface area contributed by atoms with Gasteiger partial charge in [0, 0.05) is 13.6 Å². The van der Waals surface area contributed by atoms with E-state index in [4.69, 9.17) is 4.98 Å². The highest BCUT2D eigenvalue weighted by atomic mass is 15.1. The SMILES string of the molecule is CCCC1(CNC(C)c2nc3ccccc3n2C)CC1. The second-order valence-corrected chi connectivity index (χ2v) is 6.37. The minimum atomic E-state index is 0.307. The van der Waals surface area contributed by atoms with Gasteiger partial charge in [-0.1, -0.05) is 25.5 Å². The van der Waals surface area contributed by atoms with Crippen molar-refractivity contribution in [3.05, 3.63) is 30.1 Å². The fourth-order valence-electron chi connectivity index (χ4n) is 3.23. The normalized spacial score (nSPS) is 18.4. The monoisotopic (exact) mass is 271 g/mol. The molecule has 1 aromatic carbocycles. The predicted octanol–water partition coefficient (Wildman–Crippen LogP) is 3.80. The molecule has 0 radical (unpaired) electrons. The van der Waals surface area contributed by atoms with Gasteiger partial charge in [-0.2, -0.15) is 0 Å². The van der Waals surface area contributed by atoms with E-state index in [1.165, 1.54) is 31.2 Å². The van der Waals surface area contributed by atoms with E-state index in [1.807, 2.05) is 0 Å². The van der Waals surface area contributed by atoms with Crippen LogP contribution < -0.4 is 5.32 Å². The minimum Gasteiger partial charge on any atom is -0.330 e. The molecule has 3 nitrogen and oxygen atoms in total. The van der Waals surface area contributed by atoms with E-state index in [0.717, 1.165) is 17.9 Å². The standard InChI is InChI=1S/C17H25N3/c1-4-9-17(10-11-17)12-18-13(2)16-19-14-7-5-6-8-15(14)20(16)3/h5-8,13,18H,4,9-12H2,1-3H3. The lowest BCUT2D eigenvalue weighted by Gasteiger charge is -2.19. The molecule has 1 fully saturated rings. The maximum atomic E-state index is 4.78. The largest absolute Gasteiger partial charge is 0.330 e. The maximum absolute atomic E-state index is 4.78. The molecule has 1 unspecified atom stereocenters. The molecule has 1 heterocycles. The van der Waals surface area contributed by atoms with Gasteiger partial charge in [0.15, 0.2) is 0 Å². The van der Waals surface area contributed by atoms with Gasteiger partial charge in [-0.15, -0.1) is 0 Å². The molecule has 3 heteroatoms. The van der Waals surface area contributed by atoms with Crippen LogP contribution in [-0.4, -0.2) is 16.1 Å². The molecule has 3 rings (SSSR count). The summed E-state index contributed by atoms with van der Waals surface area (Å²) in [4.78, 5) is 4.78. The first kappa shape index (κ1) is 13.6. The number of nitrogens with one attached hydrogen (secondary N) is 1. The zero-order chi connectivity index (χ0) is 14.2. The van der Waals surface area contributed by atoms with E-state index >= 15 is 0 Å². The lowest BCUT2D eigenvalue weighted by atomic mass is 10.0. The Labute approximate surface area is 121 Å². The first-order valence-corrected chi connectivity index (χ1v) is 7.80. The van der Waals surface area contributed by atoms with Gasteiger partial charge in [0.2, 0.25) is 0 Å². The Morgan fingerprint density at radius 2 is 2.10 bits per heavy atom. The molecule has 0 aliphatic heterocycles.